The molecule has 0 bridgehead atoms. The minimum atomic E-state index is -0.755. The summed E-state index contributed by atoms with van der Waals surface area (Å²) in [5.41, 5.74) is 2.02. The predicted molar refractivity (Wildman–Crippen MR) is 103 cm³/mol. The van der Waals surface area contributed by atoms with Gasteiger partial charge in [-0.15, -0.1) is 0 Å². The summed E-state index contributed by atoms with van der Waals surface area (Å²) >= 11 is 3.41. The van der Waals surface area contributed by atoms with Crippen molar-refractivity contribution in [3.63, 3.8) is 0 Å². The quantitative estimate of drug-likeness (QED) is 0.665. The number of carbonyl (C=O) groups is 2. The Morgan fingerprint density at radius 1 is 1.15 bits per heavy atom. The summed E-state index contributed by atoms with van der Waals surface area (Å²) in [6.45, 7) is 3.77. The Kier molecular flexibility index (Phi) is 7.66. The topological polar surface area (TPSA) is 64.6 Å². The van der Waals surface area contributed by atoms with Crippen LogP contribution in [0.3, 0.4) is 0 Å². The second kappa shape index (κ2) is 9.97. The first-order chi connectivity index (χ1) is 12.5. The zero-order valence-electron chi connectivity index (χ0n) is 14.8. The van der Waals surface area contributed by atoms with Gasteiger partial charge in [-0.1, -0.05) is 36.4 Å². The molecule has 5 nitrogen and oxygen atoms in total. The van der Waals surface area contributed by atoms with Gasteiger partial charge in [0.05, 0.1) is 11.1 Å². The standard InChI is InChI=1S/C20H22BrNO4/c1-3-25-20(24)17(12-15-7-5-4-6-8-15)22-19(23)13-26-18-10-9-14(2)11-16(18)21/h4-11,17H,3,12-13H2,1-2H3,(H,22,23). The number of esters is 1. The van der Waals surface area contributed by atoms with Crippen LogP contribution in [0.25, 0.3) is 0 Å². The number of carbonyl (C=O) groups excluding carboxylic acids is 2. The molecule has 1 unspecified atom stereocenters. The lowest BCUT2D eigenvalue weighted by Gasteiger charge is -2.18. The number of halogens is 1. The first kappa shape index (κ1) is 20.0. The maximum atomic E-state index is 12.2. The van der Waals surface area contributed by atoms with Gasteiger partial charge in [-0.3, -0.25) is 4.79 Å². The van der Waals surface area contributed by atoms with E-state index in [1.807, 2.05) is 49.4 Å². The molecule has 0 heterocycles. The Morgan fingerprint density at radius 2 is 1.88 bits per heavy atom. The smallest absolute Gasteiger partial charge is 0.328 e. The molecule has 6 heteroatoms. The van der Waals surface area contributed by atoms with E-state index in [0.717, 1.165) is 15.6 Å². The van der Waals surface area contributed by atoms with E-state index < -0.39 is 12.0 Å². The average molecular weight is 420 g/mol. The summed E-state index contributed by atoms with van der Waals surface area (Å²) in [4.78, 5) is 24.4. The monoisotopic (exact) mass is 419 g/mol. The lowest BCUT2D eigenvalue weighted by Crippen LogP contribution is -2.45. The molecule has 2 aromatic carbocycles. The summed E-state index contributed by atoms with van der Waals surface area (Å²) in [5.74, 6) is -0.269. The molecule has 1 amide bonds. The van der Waals surface area contributed by atoms with E-state index in [-0.39, 0.29) is 19.1 Å². The van der Waals surface area contributed by atoms with E-state index in [9.17, 15) is 9.59 Å². The molecule has 0 aromatic heterocycles. The van der Waals surface area contributed by atoms with Gasteiger partial charge in [-0.05, 0) is 53.0 Å². The summed E-state index contributed by atoms with van der Waals surface area (Å²) in [5, 5.41) is 2.70. The number of ether oxygens (including phenoxy) is 2. The Morgan fingerprint density at radius 3 is 2.54 bits per heavy atom. The predicted octanol–water partition coefficient (Wildman–Crippen LogP) is 3.43. The Bertz CT molecular complexity index is 749. The Labute approximate surface area is 161 Å². The third-order valence-corrected chi connectivity index (χ3v) is 4.25. The third kappa shape index (κ3) is 6.19. The molecule has 1 N–H and O–H groups in total. The molecular formula is C20H22BrNO4. The van der Waals surface area contributed by atoms with E-state index >= 15 is 0 Å². The van der Waals surface area contributed by atoms with Gasteiger partial charge in [0.1, 0.15) is 11.8 Å². The summed E-state index contributed by atoms with van der Waals surface area (Å²) in [6.07, 6.45) is 0.361. The second-order valence-electron chi connectivity index (χ2n) is 5.78. The van der Waals surface area contributed by atoms with Crippen LogP contribution < -0.4 is 10.1 Å². The molecule has 0 aliphatic rings. The number of hydrogen-bond acceptors (Lipinski definition) is 4. The van der Waals surface area contributed by atoms with Crippen LogP contribution in [-0.4, -0.2) is 31.1 Å². The molecule has 1 atom stereocenters. The van der Waals surface area contributed by atoms with Gasteiger partial charge >= 0.3 is 5.97 Å². The van der Waals surface area contributed by atoms with Crippen molar-refractivity contribution < 1.29 is 19.1 Å². The molecule has 2 aromatic rings. The molecule has 2 rings (SSSR count). The molecular weight excluding hydrogens is 398 g/mol. The van der Waals surface area contributed by atoms with Crippen LogP contribution in [0.2, 0.25) is 0 Å². The number of aryl methyl sites for hydroxylation is 1. The largest absolute Gasteiger partial charge is 0.483 e. The SMILES string of the molecule is CCOC(=O)C(Cc1ccccc1)NC(=O)COc1ccc(C)cc1Br. The molecule has 0 aliphatic heterocycles. The highest BCUT2D eigenvalue weighted by Crippen LogP contribution is 2.25. The molecule has 0 aliphatic carbocycles. The highest BCUT2D eigenvalue weighted by atomic mass is 79.9. The number of amides is 1. The first-order valence-electron chi connectivity index (χ1n) is 8.38. The van der Waals surface area contributed by atoms with E-state index in [1.165, 1.54) is 0 Å². The molecule has 0 radical (unpaired) electrons. The van der Waals surface area contributed by atoms with Gasteiger partial charge in [-0.2, -0.15) is 0 Å². The van der Waals surface area contributed by atoms with Crippen molar-refractivity contribution in [1.29, 1.82) is 0 Å². The van der Waals surface area contributed by atoms with Crippen molar-refractivity contribution in [3.05, 3.63) is 64.1 Å². The normalized spacial score (nSPS) is 11.5. The van der Waals surface area contributed by atoms with Gasteiger partial charge in [0, 0.05) is 6.42 Å². The maximum Gasteiger partial charge on any atom is 0.328 e. The molecule has 0 saturated heterocycles. The fraction of sp³-hybridized carbons (Fsp3) is 0.300. The van der Waals surface area contributed by atoms with E-state index in [1.54, 1.807) is 13.0 Å². The van der Waals surface area contributed by atoms with Gasteiger partial charge in [0.2, 0.25) is 0 Å². The zero-order chi connectivity index (χ0) is 18.9. The average Bonchev–Trinajstić information content (AvgIpc) is 2.61. The molecule has 0 saturated carbocycles. The minimum absolute atomic E-state index is 0.188. The highest BCUT2D eigenvalue weighted by Gasteiger charge is 2.22. The highest BCUT2D eigenvalue weighted by molar-refractivity contribution is 9.10. The molecule has 0 fully saturated rings. The fourth-order valence-corrected chi connectivity index (χ4v) is 3.00. The zero-order valence-corrected chi connectivity index (χ0v) is 16.4. The number of hydrogen-bond donors (Lipinski definition) is 1. The van der Waals surface area contributed by atoms with E-state index in [4.69, 9.17) is 9.47 Å². The summed E-state index contributed by atoms with van der Waals surface area (Å²) in [7, 11) is 0. The maximum absolute atomic E-state index is 12.2. The van der Waals surface area contributed by atoms with Crippen molar-refractivity contribution >= 4 is 27.8 Å². The Balaban J connectivity index is 1.97. The van der Waals surface area contributed by atoms with Gasteiger partial charge in [0.25, 0.3) is 5.91 Å². The van der Waals surface area contributed by atoms with Gasteiger partial charge in [-0.25, -0.2) is 4.79 Å². The van der Waals surface area contributed by atoms with E-state index in [2.05, 4.69) is 21.2 Å². The van der Waals surface area contributed by atoms with Crippen molar-refractivity contribution in [2.75, 3.05) is 13.2 Å². The second-order valence-corrected chi connectivity index (χ2v) is 6.64. The first-order valence-corrected chi connectivity index (χ1v) is 9.17. The summed E-state index contributed by atoms with van der Waals surface area (Å²) in [6, 6.07) is 14.3. The van der Waals surface area contributed by atoms with Crippen LogP contribution in [0.4, 0.5) is 0 Å². The van der Waals surface area contributed by atoms with Crippen LogP contribution in [0.15, 0.2) is 53.0 Å². The van der Waals surface area contributed by atoms with Crippen molar-refractivity contribution in [2.24, 2.45) is 0 Å². The molecule has 26 heavy (non-hydrogen) atoms. The number of benzene rings is 2. The van der Waals surface area contributed by atoms with Crippen molar-refractivity contribution in [1.82, 2.24) is 5.32 Å². The van der Waals surface area contributed by atoms with Crippen LogP contribution in [0, 0.1) is 6.92 Å². The van der Waals surface area contributed by atoms with Crippen LogP contribution in [0.1, 0.15) is 18.1 Å². The third-order valence-electron chi connectivity index (χ3n) is 3.64. The molecule has 0 spiro atoms. The van der Waals surface area contributed by atoms with Gasteiger partial charge in [0.15, 0.2) is 6.61 Å². The van der Waals surface area contributed by atoms with Crippen molar-refractivity contribution in [3.8, 4) is 5.75 Å². The van der Waals surface area contributed by atoms with Gasteiger partial charge < -0.3 is 14.8 Å². The minimum Gasteiger partial charge on any atom is -0.483 e. The number of nitrogens with one attached hydrogen (secondary N) is 1. The van der Waals surface area contributed by atoms with Crippen LogP contribution >= 0.6 is 15.9 Å². The lowest BCUT2D eigenvalue weighted by atomic mass is 10.1. The fourth-order valence-electron chi connectivity index (χ4n) is 2.39. The number of rotatable bonds is 8. The molecule has 138 valence electrons. The lowest BCUT2D eigenvalue weighted by molar-refractivity contribution is -0.147. The Hall–Kier alpha value is -2.34. The van der Waals surface area contributed by atoms with Crippen LogP contribution in [0.5, 0.6) is 5.75 Å². The summed E-state index contributed by atoms with van der Waals surface area (Å²) < 4.78 is 11.4. The van der Waals surface area contributed by atoms with E-state index in [0.29, 0.717) is 12.2 Å². The van der Waals surface area contributed by atoms with Crippen molar-refractivity contribution in [2.45, 2.75) is 26.3 Å². The van der Waals surface area contributed by atoms with Crippen LogP contribution in [-0.2, 0) is 20.7 Å².